The number of sulfonamides is 1. The van der Waals surface area contributed by atoms with Gasteiger partial charge in [0.15, 0.2) is 0 Å². The lowest BCUT2D eigenvalue weighted by atomic mass is 9.82. The maximum atomic E-state index is 12.1. The van der Waals surface area contributed by atoms with E-state index in [4.69, 9.17) is 5.14 Å². The molecule has 1 rings (SSSR count). The summed E-state index contributed by atoms with van der Waals surface area (Å²) in [6.45, 7) is 10.5. The highest BCUT2D eigenvalue weighted by Crippen LogP contribution is 2.24. The van der Waals surface area contributed by atoms with E-state index in [1.807, 2.05) is 0 Å². The van der Waals surface area contributed by atoms with Crippen molar-refractivity contribution in [3.8, 4) is 0 Å². The van der Waals surface area contributed by atoms with Gasteiger partial charge in [0.05, 0.1) is 4.90 Å². The van der Waals surface area contributed by atoms with E-state index in [0.717, 1.165) is 0 Å². The van der Waals surface area contributed by atoms with E-state index in [2.05, 4.69) is 33.0 Å². The van der Waals surface area contributed by atoms with Crippen LogP contribution in [-0.4, -0.2) is 20.9 Å². The third-order valence-electron chi connectivity index (χ3n) is 3.80. The van der Waals surface area contributed by atoms with E-state index in [0.29, 0.717) is 23.6 Å². The van der Waals surface area contributed by atoms with Gasteiger partial charge in [-0.05, 0) is 36.0 Å². The third-order valence-corrected chi connectivity index (χ3v) is 4.86. The van der Waals surface area contributed by atoms with Crippen LogP contribution in [0.3, 0.4) is 0 Å². The van der Waals surface area contributed by atoms with E-state index in [9.17, 15) is 13.2 Å². The van der Waals surface area contributed by atoms with Crippen LogP contribution in [0.1, 0.15) is 43.6 Å². The maximum absolute atomic E-state index is 12.1. The lowest BCUT2D eigenvalue weighted by molar-refractivity contribution is 0.0937. The molecule has 0 aliphatic heterocycles. The number of primary sulfonamides is 1. The smallest absolute Gasteiger partial charge is 0.251 e. The summed E-state index contributed by atoms with van der Waals surface area (Å²) in [5.41, 5.74) is 0.912. The van der Waals surface area contributed by atoms with Gasteiger partial charge in [-0.1, -0.05) is 33.8 Å². The Morgan fingerprint density at radius 3 is 2.38 bits per heavy atom. The molecule has 5 nitrogen and oxygen atoms in total. The minimum absolute atomic E-state index is 0.0148. The van der Waals surface area contributed by atoms with E-state index in [-0.39, 0.29) is 16.2 Å². The molecule has 0 radical (unpaired) electrons. The van der Waals surface area contributed by atoms with Crippen LogP contribution in [0.5, 0.6) is 0 Å². The van der Waals surface area contributed by atoms with Crippen LogP contribution in [0.25, 0.3) is 0 Å². The topological polar surface area (TPSA) is 89.3 Å². The van der Waals surface area contributed by atoms with Gasteiger partial charge < -0.3 is 5.32 Å². The lowest BCUT2D eigenvalue weighted by Gasteiger charge is -2.27. The van der Waals surface area contributed by atoms with Crippen molar-refractivity contribution in [2.75, 3.05) is 6.54 Å². The highest BCUT2D eigenvalue weighted by atomic mass is 32.2. The molecule has 0 bridgehead atoms. The largest absolute Gasteiger partial charge is 0.352 e. The molecule has 0 saturated carbocycles. The highest BCUT2D eigenvalue weighted by molar-refractivity contribution is 7.89. The number of aryl methyl sites for hydroxylation is 1. The fourth-order valence-electron chi connectivity index (χ4n) is 1.70. The Morgan fingerprint density at radius 2 is 1.90 bits per heavy atom. The van der Waals surface area contributed by atoms with Crippen LogP contribution in [0.4, 0.5) is 0 Å². The van der Waals surface area contributed by atoms with Gasteiger partial charge in [-0.2, -0.15) is 0 Å². The Morgan fingerprint density at radius 1 is 1.33 bits per heavy atom. The Balaban J connectivity index is 2.90. The average Bonchev–Trinajstić information content (AvgIpc) is 2.33. The summed E-state index contributed by atoms with van der Waals surface area (Å²) in [5.74, 6) is 0.000565. The SMILES string of the molecule is Cc1ccc(C(=O)NCC(C)C(C)(C)C)cc1S(N)(=O)=O. The number of nitrogens with one attached hydrogen (secondary N) is 1. The average molecular weight is 312 g/mol. The molecular formula is C15H24N2O3S. The number of carbonyl (C=O) groups excluding carboxylic acids is 1. The number of amides is 1. The minimum atomic E-state index is -3.82. The molecule has 1 amide bonds. The fourth-order valence-corrected chi connectivity index (χ4v) is 2.51. The molecule has 0 fully saturated rings. The first kappa shape index (κ1) is 17.7. The Hall–Kier alpha value is -1.40. The zero-order valence-corrected chi connectivity index (χ0v) is 14.0. The number of carbonyl (C=O) groups is 1. The molecule has 1 aromatic rings. The molecule has 1 aromatic carbocycles. The third kappa shape index (κ3) is 4.82. The Bertz CT molecular complexity index is 631. The second-order valence-corrected chi connectivity index (χ2v) is 8.03. The van der Waals surface area contributed by atoms with Crippen molar-refractivity contribution < 1.29 is 13.2 Å². The zero-order valence-electron chi connectivity index (χ0n) is 13.2. The Kier molecular flexibility index (Phi) is 5.17. The van der Waals surface area contributed by atoms with Gasteiger partial charge in [0.1, 0.15) is 0 Å². The quantitative estimate of drug-likeness (QED) is 0.891. The summed E-state index contributed by atoms with van der Waals surface area (Å²) in [6.07, 6.45) is 0. The molecule has 0 heterocycles. The molecule has 0 aliphatic carbocycles. The van der Waals surface area contributed by atoms with E-state index in [1.165, 1.54) is 6.07 Å². The number of rotatable bonds is 4. The molecule has 0 spiro atoms. The number of hydrogen-bond donors (Lipinski definition) is 2. The normalized spacial score (nSPS) is 13.8. The molecule has 6 heteroatoms. The molecule has 1 unspecified atom stereocenters. The molecule has 118 valence electrons. The van der Waals surface area contributed by atoms with Crippen LogP contribution in [0.15, 0.2) is 23.1 Å². The van der Waals surface area contributed by atoms with Gasteiger partial charge in [-0.25, -0.2) is 13.6 Å². The number of benzene rings is 1. The summed E-state index contributed by atoms with van der Waals surface area (Å²) in [6, 6.07) is 4.50. The van der Waals surface area contributed by atoms with Crippen molar-refractivity contribution >= 4 is 15.9 Å². The van der Waals surface area contributed by atoms with Crippen molar-refractivity contribution in [3.05, 3.63) is 29.3 Å². The Labute approximate surface area is 127 Å². The van der Waals surface area contributed by atoms with Gasteiger partial charge in [0.25, 0.3) is 5.91 Å². The fraction of sp³-hybridized carbons (Fsp3) is 0.533. The summed E-state index contributed by atoms with van der Waals surface area (Å²) in [5, 5.41) is 7.98. The van der Waals surface area contributed by atoms with E-state index < -0.39 is 10.0 Å². The van der Waals surface area contributed by atoms with Crippen molar-refractivity contribution in [1.29, 1.82) is 0 Å². The van der Waals surface area contributed by atoms with E-state index in [1.54, 1.807) is 19.1 Å². The first-order chi connectivity index (χ1) is 9.43. The molecule has 0 aromatic heterocycles. The van der Waals surface area contributed by atoms with Gasteiger partial charge >= 0.3 is 0 Å². The molecule has 3 N–H and O–H groups in total. The van der Waals surface area contributed by atoms with Crippen LogP contribution in [0, 0.1) is 18.3 Å². The van der Waals surface area contributed by atoms with Gasteiger partial charge in [0.2, 0.25) is 10.0 Å². The monoisotopic (exact) mass is 312 g/mol. The number of nitrogens with two attached hydrogens (primary N) is 1. The zero-order chi connectivity index (χ0) is 16.4. The minimum Gasteiger partial charge on any atom is -0.352 e. The molecule has 0 aliphatic rings. The van der Waals surface area contributed by atoms with Crippen molar-refractivity contribution in [2.45, 2.75) is 39.5 Å². The maximum Gasteiger partial charge on any atom is 0.251 e. The van der Waals surface area contributed by atoms with Crippen molar-refractivity contribution in [2.24, 2.45) is 16.5 Å². The molecule has 0 saturated heterocycles. The van der Waals surface area contributed by atoms with E-state index >= 15 is 0 Å². The summed E-state index contributed by atoms with van der Waals surface area (Å²) >= 11 is 0. The number of hydrogen-bond acceptors (Lipinski definition) is 3. The lowest BCUT2D eigenvalue weighted by Crippen LogP contribution is -2.33. The second kappa shape index (κ2) is 6.15. The van der Waals surface area contributed by atoms with Gasteiger partial charge in [0, 0.05) is 12.1 Å². The molecule has 1 atom stereocenters. The van der Waals surface area contributed by atoms with Crippen molar-refractivity contribution in [1.82, 2.24) is 5.32 Å². The summed E-state index contributed by atoms with van der Waals surface area (Å²) in [7, 11) is -3.82. The molecule has 21 heavy (non-hydrogen) atoms. The second-order valence-electron chi connectivity index (χ2n) is 6.50. The van der Waals surface area contributed by atoms with Crippen LogP contribution in [0.2, 0.25) is 0 Å². The summed E-state index contributed by atoms with van der Waals surface area (Å²) in [4.78, 5) is 12.1. The predicted molar refractivity (Wildman–Crippen MR) is 83.5 cm³/mol. The molecular weight excluding hydrogens is 288 g/mol. The summed E-state index contributed by atoms with van der Waals surface area (Å²) < 4.78 is 22.9. The van der Waals surface area contributed by atoms with Gasteiger partial charge in [-0.3, -0.25) is 4.79 Å². The first-order valence-electron chi connectivity index (χ1n) is 6.84. The van der Waals surface area contributed by atoms with Crippen LogP contribution < -0.4 is 10.5 Å². The first-order valence-corrected chi connectivity index (χ1v) is 8.39. The van der Waals surface area contributed by atoms with Gasteiger partial charge in [-0.15, -0.1) is 0 Å². The van der Waals surface area contributed by atoms with Crippen molar-refractivity contribution in [3.63, 3.8) is 0 Å². The van der Waals surface area contributed by atoms with Crippen LogP contribution >= 0.6 is 0 Å². The highest BCUT2D eigenvalue weighted by Gasteiger charge is 2.21. The predicted octanol–water partition coefficient (Wildman–Crippen LogP) is 2.05. The standard InChI is InChI=1S/C15H24N2O3S/c1-10-6-7-12(8-13(10)21(16,19)20)14(18)17-9-11(2)15(3,4)5/h6-8,11H,9H2,1-5H3,(H,17,18)(H2,16,19,20). The van der Waals surface area contributed by atoms with Crippen LogP contribution in [-0.2, 0) is 10.0 Å².